The van der Waals surface area contributed by atoms with E-state index in [0.29, 0.717) is 35.6 Å². The predicted molar refractivity (Wildman–Crippen MR) is 106 cm³/mol. The van der Waals surface area contributed by atoms with Gasteiger partial charge in [-0.05, 0) is 23.6 Å². The Balaban J connectivity index is 1.73. The first-order valence-electron chi connectivity index (χ1n) is 9.28. The highest BCUT2D eigenvalue weighted by atomic mass is 16.6. The summed E-state index contributed by atoms with van der Waals surface area (Å²) < 4.78 is 11.4. The maximum Gasteiger partial charge on any atom is 0.253 e. The van der Waals surface area contributed by atoms with Crippen LogP contribution in [0.1, 0.15) is 35.8 Å². The molecule has 28 heavy (non-hydrogen) atoms. The monoisotopic (exact) mass is 381 g/mol. The predicted octanol–water partition coefficient (Wildman–Crippen LogP) is 2.90. The largest absolute Gasteiger partial charge is 0.486 e. The van der Waals surface area contributed by atoms with Gasteiger partial charge in [-0.2, -0.15) is 0 Å². The Morgan fingerprint density at radius 1 is 1.18 bits per heavy atom. The molecule has 8 nitrogen and oxygen atoms in total. The highest BCUT2D eigenvalue weighted by Crippen LogP contribution is 2.36. The third kappa shape index (κ3) is 3.21. The Labute approximate surface area is 162 Å². The molecule has 146 valence electrons. The Bertz CT molecular complexity index is 1010. The van der Waals surface area contributed by atoms with Crippen LogP contribution in [0.25, 0.3) is 11.0 Å². The molecule has 0 saturated heterocycles. The SMILES string of the molecule is CNC(=O)c1c[nH]c2ncnc(N[C@@H](c3ccc4c(c3)OCCO4)C(C)C)c12. The quantitative estimate of drug-likeness (QED) is 0.628. The van der Waals surface area contributed by atoms with Gasteiger partial charge in [0.1, 0.15) is 31.0 Å². The summed E-state index contributed by atoms with van der Waals surface area (Å²) >= 11 is 0. The third-order valence-corrected chi connectivity index (χ3v) is 4.83. The van der Waals surface area contributed by atoms with Gasteiger partial charge in [0.2, 0.25) is 0 Å². The summed E-state index contributed by atoms with van der Waals surface area (Å²) in [5.41, 5.74) is 2.18. The fraction of sp³-hybridized carbons (Fsp3) is 0.350. The number of benzene rings is 1. The molecule has 1 amide bonds. The first kappa shape index (κ1) is 18.1. The standard InChI is InChI=1S/C20H23N5O3/c1-11(2)17(12-4-5-14-15(8-12)28-7-6-27-14)25-19-16-13(20(26)21-3)9-22-18(16)23-10-24-19/h4-5,8-11,17H,6-7H2,1-3H3,(H,21,26)(H2,22,23,24,25)/t17-/m1/s1. The lowest BCUT2D eigenvalue weighted by atomic mass is 9.95. The normalized spacial score (nSPS) is 14.1. The van der Waals surface area contributed by atoms with E-state index < -0.39 is 0 Å². The lowest BCUT2D eigenvalue weighted by molar-refractivity contribution is 0.0964. The minimum Gasteiger partial charge on any atom is -0.486 e. The molecule has 3 N–H and O–H groups in total. The van der Waals surface area contributed by atoms with Crippen LogP contribution in [0.4, 0.5) is 5.82 Å². The molecular weight excluding hydrogens is 358 g/mol. The van der Waals surface area contributed by atoms with E-state index >= 15 is 0 Å². The molecule has 1 aliphatic rings. The number of aromatic amines is 1. The number of amides is 1. The lowest BCUT2D eigenvalue weighted by Gasteiger charge is -2.26. The average molecular weight is 381 g/mol. The molecule has 0 radical (unpaired) electrons. The molecule has 1 aromatic carbocycles. The Morgan fingerprint density at radius 3 is 2.71 bits per heavy atom. The summed E-state index contributed by atoms with van der Waals surface area (Å²) in [6, 6.07) is 5.92. The second-order valence-corrected chi connectivity index (χ2v) is 7.00. The third-order valence-electron chi connectivity index (χ3n) is 4.83. The van der Waals surface area contributed by atoms with E-state index in [4.69, 9.17) is 9.47 Å². The number of aromatic nitrogens is 3. The second-order valence-electron chi connectivity index (χ2n) is 7.00. The first-order chi connectivity index (χ1) is 13.6. The summed E-state index contributed by atoms with van der Waals surface area (Å²) in [7, 11) is 1.60. The number of carbonyl (C=O) groups excluding carboxylic acids is 1. The molecular formula is C20H23N5O3. The maximum atomic E-state index is 12.2. The summed E-state index contributed by atoms with van der Waals surface area (Å²) in [5.74, 6) is 2.18. The fourth-order valence-electron chi connectivity index (χ4n) is 3.42. The molecule has 0 unspecified atom stereocenters. The number of hydrogen-bond donors (Lipinski definition) is 3. The van der Waals surface area contributed by atoms with Crippen LogP contribution in [0.5, 0.6) is 11.5 Å². The molecule has 1 atom stereocenters. The van der Waals surface area contributed by atoms with Crippen LogP contribution in [0, 0.1) is 5.92 Å². The Kier molecular flexibility index (Phi) is 4.77. The van der Waals surface area contributed by atoms with Crippen LogP contribution in [0.3, 0.4) is 0 Å². The summed E-state index contributed by atoms with van der Waals surface area (Å²) in [6.45, 7) is 5.36. The van der Waals surface area contributed by atoms with Crippen LogP contribution in [0.15, 0.2) is 30.7 Å². The van der Waals surface area contributed by atoms with Gasteiger partial charge in [-0.15, -0.1) is 0 Å². The van der Waals surface area contributed by atoms with Gasteiger partial charge in [0.25, 0.3) is 5.91 Å². The van der Waals surface area contributed by atoms with Crippen molar-refractivity contribution in [1.29, 1.82) is 0 Å². The number of H-pyrrole nitrogens is 1. The molecule has 3 heterocycles. The zero-order chi connectivity index (χ0) is 19.7. The molecule has 0 fully saturated rings. The van der Waals surface area contributed by atoms with E-state index in [2.05, 4.69) is 39.4 Å². The minimum absolute atomic E-state index is 0.0404. The van der Waals surface area contributed by atoms with Gasteiger partial charge in [-0.3, -0.25) is 4.79 Å². The number of carbonyl (C=O) groups is 1. The van der Waals surface area contributed by atoms with Gasteiger partial charge < -0.3 is 25.1 Å². The van der Waals surface area contributed by atoms with Gasteiger partial charge >= 0.3 is 0 Å². The van der Waals surface area contributed by atoms with Crippen LogP contribution in [-0.2, 0) is 0 Å². The molecule has 0 bridgehead atoms. The highest BCUT2D eigenvalue weighted by Gasteiger charge is 2.23. The highest BCUT2D eigenvalue weighted by molar-refractivity contribution is 6.09. The number of anilines is 1. The van der Waals surface area contributed by atoms with Crippen molar-refractivity contribution >= 4 is 22.8 Å². The molecule has 0 spiro atoms. The minimum atomic E-state index is -0.190. The van der Waals surface area contributed by atoms with Crippen molar-refractivity contribution in [2.24, 2.45) is 5.92 Å². The van der Waals surface area contributed by atoms with Crippen molar-refractivity contribution in [2.45, 2.75) is 19.9 Å². The molecule has 0 aliphatic carbocycles. The van der Waals surface area contributed by atoms with Gasteiger partial charge in [0.15, 0.2) is 11.5 Å². The average Bonchev–Trinajstić information content (AvgIpc) is 3.16. The Morgan fingerprint density at radius 2 is 1.96 bits per heavy atom. The number of ether oxygens (including phenoxy) is 2. The smallest absolute Gasteiger partial charge is 0.253 e. The van der Waals surface area contributed by atoms with Gasteiger partial charge in [0, 0.05) is 13.2 Å². The van der Waals surface area contributed by atoms with Gasteiger partial charge in [0.05, 0.1) is 17.0 Å². The summed E-state index contributed by atoms with van der Waals surface area (Å²) in [6.07, 6.45) is 3.13. The lowest BCUT2D eigenvalue weighted by Crippen LogP contribution is -2.21. The van der Waals surface area contributed by atoms with Crippen molar-refractivity contribution < 1.29 is 14.3 Å². The number of nitrogens with zero attached hydrogens (tertiary/aromatic N) is 2. The van der Waals surface area contributed by atoms with Crippen molar-refractivity contribution in [3.05, 3.63) is 41.9 Å². The van der Waals surface area contributed by atoms with E-state index in [0.717, 1.165) is 17.1 Å². The zero-order valence-electron chi connectivity index (χ0n) is 16.1. The second kappa shape index (κ2) is 7.38. The molecule has 8 heteroatoms. The van der Waals surface area contributed by atoms with Crippen LogP contribution in [0.2, 0.25) is 0 Å². The summed E-state index contributed by atoms with van der Waals surface area (Å²) in [5, 5.41) is 6.83. The van der Waals surface area contributed by atoms with Crippen molar-refractivity contribution in [3.63, 3.8) is 0 Å². The summed E-state index contributed by atoms with van der Waals surface area (Å²) in [4.78, 5) is 23.9. The van der Waals surface area contributed by atoms with E-state index in [9.17, 15) is 4.79 Å². The van der Waals surface area contributed by atoms with E-state index in [-0.39, 0.29) is 17.9 Å². The van der Waals surface area contributed by atoms with Crippen molar-refractivity contribution in [2.75, 3.05) is 25.6 Å². The number of rotatable bonds is 5. The Hall–Kier alpha value is -3.29. The molecule has 0 saturated carbocycles. The van der Waals surface area contributed by atoms with E-state index in [1.807, 2.05) is 18.2 Å². The molecule has 4 rings (SSSR count). The maximum absolute atomic E-state index is 12.2. The first-order valence-corrected chi connectivity index (χ1v) is 9.28. The number of nitrogens with one attached hydrogen (secondary N) is 3. The van der Waals surface area contributed by atoms with E-state index in [1.54, 1.807) is 13.2 Å². The molecule has 3 aromatic rings. The zero-order valence-corrected chi connectivity index (χ0v) is 16.1. The molecule has 1 aliphatic heterocycles. The number of fused-ring (bicyclic) bond motifs is 2. The van der Waals surface area contributed by atoms with Gasteiger partial charge in [-0.1, -0.05) is 19.9 Å². The van der Waals surface area contributed by atoms with E-state index in [1.165, 1.54) is 6.33 Å². The fourth-order valence-corrected chi connectivity index (χ4v) is 3.42. The van der Waals surface area contributed by atoms with Crippen molar-refractivity contribution in [3.8, 4) is 11.5 Å². The van der Waals surface area contributed by atoms with Crippen LogP contribution in [-0.4, -0.2) is 41.1 Å². The van der Waals surface area contributed by atoms with Gasteiger partial charge in [-0.25, -0.2) is 9.97 Å². The van der Waals surface area contributed by atoms with Crippen LogP contribution >= 0.6 is 0 Å². The number of hydrogen-bond acceptors (Lipinski definition) is 6. The topological polar surface area (TPSA) is 101 Å². The van der Waals surface area contributed by atoms with Crippen LogP contribution < -0.4 is 20.1 Å². The molecule has 2 aromatic heterocycles. The van der Waals surface area contributed by atoms with Crippen molar-refractivity contribution in [1.82, 2.24) is 20.3 Å².